The van der Waals surface area contributed by atoms with Gasteiger partial charge in [0, 0.05) is 13.7 Å². The van der Waals surface area contributed by atoms with E-state index in [9.17, 15) is 14.0 Å². The van der Waals surface area contributed by atoms with Gasteiger partial charge >= 0.3 is 0 Å². The van der Waals surface area contributed by atoms with Gasteiger partial charge in [-0.15, -0.1) is 0 Å². The van der Waals surface area contributed by atoms with E-state index in [4.69, 9.17) is 19.9 Å². The fourth-order valence-corrected chi connectivity index (χ4v) is 2.71. The summed E-state index contributed by atoms with van der Waals surface area (Å²) in [7, 11) is 1.53. The molecule has 7 nitrogen and oxygen atoms in total. The van der Waals surface area contributed by atoms with E-state index < -0.39 is 11.5 Å². The number of benzene rings is 1. The Balaban J connectivity index is 2.06. The number of hydrogen-bond acceptors (Lipinski definition) is 5. The minimum absolute atomic E-state index is 0.0234. The van der Waals surface area contributed by atoms with Crippen LogP contribution in [-0.4, -0.2) is 62.3 Å². The average Bonchev–Trinajstić information content (AvgIpc) is 2.59. The molecule has 0 bridgehead atoms. The molecule has 0 radical (unpaired) electrons. The molecular weight excluding hydrogens is 331 g/mol. The van der Waals surface area contributed by atoms with E-state index in [-0.39, 0.29) is 44.3 Å². The van der Waals surface area contributed by atoms with Crippen molar-refractivity contribution in [2.24, 2.45) is 5.73 Å². The normalized spacial score (nSPS) is 20.3. The Hall–Kier alpha value is -2.19. The molecule has 1 aliphatic heterocycles. The van der Waals surface area contributed by atoms with Gasteiger partial charge in [-0.1, -0.05) is 0 Å². The number of nitrogens with two attached hydrogens (primary N) is 1. The summed E-state index contributed by atoms with van der Waals surface area (Å²) in [6.07, 6.45) is 0.171. The second-order valence-corrected chi connectivity index (χ2v) is 5.98. The number of rotatable bonds is 8. The lowest BCUT2D eigenvalue weighted by atomic mass is 9.97. The van der Waals surface area contributed by atoms with Crippen molar-refractivity contribution in [3.63, 3.8) is 0 Å². The fourth-order valence-electron chi connectivity index (χ4n) is 2.71. The summed E-state index contributed by atoms with van der Waals surface area (Å²) in [5.74, 6) is -0.561. The molecule has 0 unspecified atom stereocenters. The number of methoxy groups -OCH3 is 1. The summed E-state index contributed by atoms with van der Waals surface area (Å²) in [4.78, 5) is 25.3. The molecule has 0 saturated carbocycles. The summed E-state index contributed by atoms with van der Waals surface area (Å²) in [5, 5.41) is 0. The zero-order valence-corrected chi connectivity index (χ0v) is 14.2. The molecule has 1 saturated heterocycles. The monoisotopic (exact) mass is 354 g/mol. The maximum absolute atomic E-state index is 13.0. The second-order valence-electron chi connectivity index (χ2n) is 5.98. The number of primary amides is 1. The molecule has 1 heterocycles. The van der Waals surface area contributed by atoms with Gasteiger partial charge in [0.05, 0.1) is 32.6 Å². The summed E-state index contributed by atoms with van der Waals surface area (Å²) in [6.45, 7) is 1.25. The highest BCUT2D eigenvalue weighted by Gasteiger charge is 2.40. The molecule has 0 spiro atoms. The predicted molar refractivity (Wildman–Crippen MR) is 87.5 cm³/mol. The molecule has 0 aromatic heterocycles. The molecule has 1 fully saturated rings. The molecule has 2 N–H and O–H groups in total. The minimum Gasteiger partial charge on any atom is -0.490 e. The smallest absolute Gasteiger partial charge is 0.225 e. The number of nitrogens with zero attached hydrogens (tertiary/aromatic N) is 1. The number of morpholine rings is 1. The quantitative estimate of drug-likeness (QED) is 0.743. The molecule has 1 aromatic carbocycles. The molecule has 1 aromatic rings. The van der Waals surface area contributed by atoms with Crippen molar-refractivity contribution < 1.29 is 28.2 Å². The molecular formula is C17H23FN2O5. The van der Waals surface area contributed by atoms with E-state index in [1.807, 2.05) is 0 Å². The summed E-state index contributed by atoms with van der Waals surface area (Å²) in [5.41, 5.74) is 4.32. The van der Waals surface area contributed by atoms with Gasteiger partial charge in [-0.05, 0) is 24.3 Å². The van der Waals surface area contributed by atoms with Gasteiger partial charge in [0.2, 0.25) is 11.8 Å². The van der Waals surface area contributed by atoms with Gasteiger partial charge in [0.25, 0.3) is 0 Å². The van der Waals surface area contributed by atoms with Crippen LogP contribution in [0.1, 0.15) is 12.8 Å². The largest absolute Gasteiger partial charge is 0.490 e. The number of carbonyl (C=O) groups excluding carboxylic acids is 2. The molecule has 2 amide bonds. The Labute approximate surface area is 145 Å². The highest BCUT2D eigenvalue weighted by atomic mass is 19.1. The summed E-state index contributed by atoms with van der Waals surface area (Å²) in [6, 6.07) is 5.52. The van der Waals surface area contributed by atoms with Crippen LogP contribution in [0.5, 0.6) is 5.75 Å². The van der Waals surface area contributed by atoms with Gasteiger partial charge in [0.1, 0.15) is 23.8 Å². The molecule has 1 aliphatic rings. The Kier molecular flexibility index (Phi) is 6.72. The van der Waals surface area contributed by atoms with E-state index in [0.717, 1.165) is 0 Å². The average molecular weight is 354 g/mol. The maximum atomic E-state index is 13.0. The van der Waals surface area contributed by atoms with E-state index >= 15 is 0 Å². The van der Waals surface area contributed by atoms with Crippen molar-refractivity contribution in [3.05, 3.63) is 30.1 Å². The van der Waals surface area contributed by atoms with Crippen LogP contribution in [0.2, 0.25) is 0 Å². The number of amides is 2. The first kappa shape index (κ1) is 19.1. The first-order valence-electron chi connectivity index (χ1n) is 8.01. The summed E-state index contributed by atoms with van der Waals surface area (Å²) < 4.78 is 29.3. The number of carbonyl (C=O) groups is 2. The zero-order valence-electron chi connectivity index (χ0n) is 14.2. The van der Waals surface area contributed by atoms with Crippen LogP contribution in [-0.2, 0) is 19.1 Å². The lowest BCUT2D eigenvalue weighted by Gasteiger charge is -2.42. The van der Waals surface area contributed by atoms with Crippen molar-refractivity contribution in [3.8, 4) is 5.75 Å². The van der Waals surface area contributed by atoms with E-state index in [1.165, 1.54) is 31.4 Å². The van der Waals surface area contributed by atoms with Crippen molar-refractivity contribution >= 4 is 11.8 Å². The van der Waals surface area contributed by atoms with Crippen LogP contribution in [0, 0.1) is 5.82 Å². The molecule has 0 aliphatic carbocycles. The van der Waals surface area contributed by atoms with Crippen LogP contribution in [0.25, 0.3) is 0 Å². The first-order chi connectivity index (χ1) is 11.9. The van der Waals surface area contributed by atoms with Crippen molar-refractivity contribution in [1.29, 1.82) is 0 Å². The van der Waals surface area contributed by atoms with Crippen LogP contribution >= 0.6 is 0 Å². The molecule has 8 heteroatoms. The fraction of sp³-hybridized carbons (Fsp3) is 0.529. The lowest BCUT2D eigenvalue weighted by molar-refractivity contribution is -0.162. The molecule has 1 atom stereocenters. The van der Waals surface area contributed by atoms with Gasteiger partial charge in [-0.3, -0.25) is 9.59 Å². The number of hydrogen-bond donors (Lipinski definition) is 1. The third-order valence-corrected chi connectivity index (χ3v) is 3.93. The van der Waals surface area contributed by atoms with Gasteiger partial charge in [0.15, 0.2) is 0 Å². The predicted octanol–water partition coefficient (Wildman–Crippen LogP) is 0.714. The molecule has 138 valence electrons. The third kappa shape index (κ3) is 5.68. The van der Waals surface area contributed by atoms with Crippen LogP contribution in [0.3, 0.4) is 0 Å². The number of halogens is 1. The van der Waals surface area contributed by atoms with Gasteiger partial charge < -0.3 is 24.8 Å². The second kappa shape index (κ2) is 8.77. The van der Waals surface area contributed by atoms with E-state index in [0.29, 0.717) is 18.9 Å². The molecule has 25 heavy (non-hydrogen) atoms. The van der Waals surface area contributed by atoms with E-state index in [2.05, 4.69) is 0 Å². The minimum atomic E-state index is -1.03. The van der Waals surface area contributed by atoms with Crippen molar-refractivity contribution in [2.45, 2.75) is 18.4 Å². The standard InChI is InChI=1S/C17H23FN2O5/c1-23-8-6-16(22)20-7-9-25-17(11-20,10-15(19)21)12-24-14-4-2-13(18)3-5-14/h2-5H,6-12H2,1H3,(H2,19,21)/t17-/m1/s1. The Morgan fingerprint density at radius 1 is 1.36 bits per heavy atom. The summed E-state index contributed by atoms with van der Waals surface area (Å²) >= 11 is 0. The zero-order chi connectivity index (χ0) is 18.3. The SMILES string of the molecule is COCCC(=O)N1CCO[C@](COc2ccc(F)cc2)(CC(N)=O)C1. The van der Waals surface area contributed by atoms with Crippen LogP contribution in [0.4, 0.5) is 4.39 Å². The van der Waals surface area contributed by atoms with Crippen LogP contribution < -0.4 is 10.5 Å². The highest BCUT2D eigenvalue weighted by molar-refractivity contribution is 5.77. The Morgan fingerprint density at radius 2 is 2.08 bits per heavy atom. The van der Waals surface area contributed by atoms with Crippen molar-refractivity contribution in [1.82, 2.24) is 4.90 Å². The number of ether oxygens (including phenoxy) is 3. The lowest BCUT2D eigenvalue weighted by Crippen LogP contribution is -2.58. The van der Waals surface area contributed by atoms with Gasteiger partial charge in [-0.25, -0.2) is 4.39 Å². The first-order valence-corrected chi connectivity index (χ1v) is 8.01. The Bertz CT molecular complexity index is 595. The van der Waals surface area contributed by atoms with Crippen LogP contribution in [0.15, 0.2) is 24.3 Å². The van der Waals surface area contributed by atoms with Gasteiger partial charge in [-0.2, -0.15) is 0 Å². The highest BCUT2D eigenvalue weighted by Crippen LogP contribution is 2.24. The Morgan fingerprint density at radius 3 is 2.72 bits per heavy atom. The maximum Gasteiger partial charge on any atom is 0.225 e. The van der Waals surface area contributed by atoms with Crippen molar-refractivity contribution in [2.75, 3.05) is 40.0 Å². The molecule has 2 rings (SSSR count). The third-order valence-electron chi connectivity index (χ3n) is 3.93. The topological polar surface area (TPSA) is 91.1 Å². The van der Waals surface area contributed by atoms with E-state index in [1.54, 1.807) is 4.90 Å².